The first-order chi connectivity index (χ1) is 7.83. The highest BCUT2D eigenvalue weighted by Crippen LogP contribution is 2.35. The van der Waals surface area contributed by atoms with Crippen molar-refractivity contribution in [2.75, 3.05) is 7.05 Å². The SMILES string of the molecule is CNC(c1ccccc1C)C1CCCCC1. The number of hydrogen-bond donors (Lipinski definition) is 1. The standard InChI is InChI=1S/C15H23N/c1-12-8-6-7-11-14(12)15(16-2)13-9-4-3-5-10-13/h6-8,11,13,15-16H,3-5,9-10H2,1-2H3. The fourth-order valence-electron chi connectivity index (χ4n) is 3.05. The van der Waals surface area contributed by atoms with Crippen molar-refractivity contribution in [3.63, 3.8) is 0 Å². The molecule has 2 rings (SSSR count). The van der Waals surface area contributed by atoms with Gasteiger partial charge in [-0.1, -0.05) is 43.5 Å². The third kappa shape index (κ3) is 2.46. The third-order valence-electron chi connectivity index (χ3n) is 3.96. The van der Waals surface area contributed by atoms with Crippen molar-refractivity contribution in [3.8, 4) is 0 Å². The van der Waals surface area contributed by atoms with E-state index in [2.05, 4.69) is 43.6 Å². The van der Waals surface area contributed by atoms with Gasteiger partial charge in [0.15, 0.2) is 0 Å². The van der Waals surface area contributed by atoms with E-state index in [1.807, 2.05) is 0 Å². The Balaban J connectivity index is 2.18. The molecule has 16 heavy (non-hydrogen) atoms. The number of hydrogen-bond acceptors (Lipinski definition) is 1. The Bertz CT molecular complexity index is 326. The van der Waals surface area contributed by atoms with E-state index in [9.17, 15) is 0 Å². The highest BCUT2D eigenvalue weighted by molar-refractivity contribution is 5.29. The zero-order chi connectivity index (χ0) is 11.4. The number of rotatable bonds is 3. The Hall–Kier alpha value is -0.820. The molecule has 1 saturated carbocycles. The van der Waals surface area contributed by atoms with Gasteiger partial charge in [0.2, 0.25) is 0 Å². The van der Waals surface area contributed by atoms with Gasteiger partial charge < -0.3 is 5.32 Å². The van der Waals surface area contributed by atoms with Crippen LogP contribution in [0.4, 0.5) is 0 Å². The first-order valence-electron chi connectivity index (χ1n) is 6.55. The van der Waals surface area contributed by atoms with Crippen LogP contribution in [0.25, 0.3) is 0 Å². The average molecular weight is 217 g/mol. The fraction of sp³-hybridized carbons (Fsp3) is 0.600. The highest BCUT2D eigenvalue weighted by atomic mass is 14.9. The first-order valence-corrected chi connectivity index (χ1v) is 6.55. The monoisotopic (exact) mass is 217 g/mol. The van der Waals surface area contributed by atoms with Crippen LogP contribution in [0.15, 0.2) is 24.3 Å². The molecule has 1 aliphatic rings. The van der Waals surface area contributed by atoms with Crippen LogP contribution in [0.1, 0.15) is 49.3 Å². The molecule has 0 radical (unpaired) electrons. The lowest BCUT2D eigenvalue weighted by Crippen LogP contribution is -2.27. The van der Waals surface area contributed by atoms with E-state index in [0.717, 1.165) is 5.92 Å². The zero-order valence-corrected chi connectivity index (χ0v) is 10.5. The summed E-state index contributed by atoms with van der Waals surface area (Å²) in [5.74, 6) is 0.833. The van der Waals surface area contributed by atoms with E-state index in [0.29, 0.717) is 6.04 Å². The molecule has 1 atom stereocenters. The van der Waals surface area contributed by atoms with Crippen molar-refractivity contribution in [2.45, 2.75) is 45.1 Å². The van der Waals surface area contributed by atoms with Crippen LogP contribution in [0.3, 0.4) is 0 Å². The van der Waals surface area contributed by atoms with Gasteiger partial charge in [-0.15, -0.1) is 0 Å². The van der Waals surface area contributed by atoms with Crippen LogP contribution in [-0.4, -0.2) is 7.05 Å². The maximum atomic E-state index is 3.53. The topological polar surface area (TPSA) is 12.0 Å². The predicted octanol–water partition coefficient (Wildman–Crippen LogP) is 3.84. The predicted molar refractivity (Wildman–Crippen MR) is 69.6 cm³/mol. The average Bonchev–Trinajstić information content (AvgIpc) is 2.34. The van der Waals surface area contributed by atoms with Gasteiger partial charge >= 0.3 is 0 Å². The van der Waals surface area contributed by atoms with E-state index in [1.165, 1.54) is 43.2 Å². The second-order valence-corrected chi connectivity index (χ2v) is 5.02. The molecule has 1 unspecified atom stereocenters. The number of aryl methyl sites for hydroxylation is 1. The molecule has 1 N–H and O–H groups in total. The molecule has 1 aromatic rings. The Morgan fingerprint density at radius 3 is 2.44 bits per heavy atom. The summed E-state index contributed by atoms with van der Waals surface area (Å²) in [4.78, 5) is 0. The molecule has 88 valence electrons. The van der Waals surface area contributed by atoms with Crippen molar-refractivity contribution in [1.29, 1.82) is 0 Å². The highest BCUT2D eigenvalue weighted by Gasteiger charge is 2.24. The third-order valence-corrected chi connectivity index (χ3v) is 3.96. The molecule has 0 saturated heterocycles. The first kappa shape index (κ1) is 11.7. The van der Waals surface area contributed by atoms with Crippen molar-refractivity contribution < 1.29 is 0 Å². The summed E-state index contributed by atoms with van der Waals surface area (Å²) in [5, 5.41) is 3.53. The van der Waals surface area contributed by atoms with Crippen LogP contribution in [0, 0.1) is 12.8 Å². The number of nitrogens with one attached hydrogen (secondary N) is 1. The molecule has 0 spiro atoms. The summed E-state index contributed by atoms with van der Waals surface area (Å²) in [6.07, 6.45) is 7.03. The normalized spacial score (nSPS) is 19.6. The maximum Gasteiger partial charge on any atom is 0.0348 e. The molecule has 1 heteroatoms. The quantitative estimate of drug-likeness (QED) is 0.811. The minimum Gasteiger partial charge on any atom is -0.313 e. The molecule has 1 fully saturated rings. The molecule has 0 heterocycles. The smallest absolute Gasteiger partial charge is 0.0348 e. The van der Waals surface area contributed by atoms with Gasteiger partial charge in [-0.25, -0.2) is 0 Å². The minimum atomic E-state index is 0.557. The second kappa shape index (κ2) is 5.49. The molecule has 0 bridgehead atoms. The molecule has 0 amide bonds. The minimum absolute atomic E-state index is 0.557. The fourth-order valence-corrected chi connectivity index (χ4v) is 3.05. The van der Waals surface area contributed by atoms with Crippen LogP contribution in [0.5, 0.6) is 0 Å². The Morgan fingerprint density at radius 2 is 1.81 bits per heavy atom. The van der Waals surface area contributed by atoms with Crippen molar-refractivity contribution in [1.82, 2.24) is 5.32 Å². The summed E-state index contributed by atoms with van der Waals surface area (Å²) in [5.41, 5.74) is 2.92. The summed E-state index contributed by atoms with van der Waals surface area (Å²) in [7, 11) is 2.10. The van der Waals surface area contributed by atoms with Crippen LogP contribution >= 0.6 is 0 Å². The van der Waals surface area contributed by atoms with E-state index < -0.39 is 0 Å². The van der Waals surface area contributed by atoms with Gasteiger partial charge in [-0.2, -0.15) is 0 Å². The van der Waals surface area contributed by atoms with Gasteiger partial charge in [-0.3, -0.25) is 0 Å². The molecular formula is C15H23N. The van der Waals surface area contributed by atoms with Gasteiger partial charge in [0.25, 0.3) is 0 Å². The Morgan fingerprint density at radius 1 is 1.12 bits per heavy atom. The molecular weight excluding hydrogens is 194 g/mol. The second-order valence-electron chi connectivity index (χ2n) is 5.02. The summed E-state index contributed by atoms with van der Waals surface area (Å²) < 4.78 is 0. The molecule has 0 aromatic heterocycles. The summed E-state index contributed by atoms with van der Waals surface area (Å²) in [6, 6.07) is 9.36. The van der Waals surface area contributed by atoms with Crippen molar-refractivity contribution >= 4 is 0 Å². The van der Waals surface area contributed by atoms with Crippen LogP contribution in [-0.2, 0) is 0 Å². The van der Waals surface area contributed by atoms with Gasteiger partial charge in [-0.05, 0) is 43.9 Å². The van der Waals surface area contributed by atoms with E-state index in [1.54, 1.807) is 0 Å². The summed E-state index contributed by atoms with van der Waals surface area (Å²) >= 11 is 0. The van der Waals surface area contributed by atoms with Crippen LogP contribution in [0.2, 0.25) is 0 Å². The van der Waals surface area contributed by atoms with Crippen LogP contribution < -0.4 is 5.32 Å². The van der Waals surface area contributed by atoms with E-state index in [-0.39, 0.29) is 0 Å². The van der Waals surface area contributed by atoms with Gasteiger partial charge in [0.05, 0.1) is 0 Å². The zero-order valence-electron chi connectivity index (χ0n) is 10.5. The van der Waals surface area contributed by atoms with Gasteiger partial charge in [0.1, 0.15) is 0 Å². The molecule has 1 aromatic carbocycles. The lowest BCUT2D eigenvalue weighted by molar-refractivity contribution is 0.281. The maximum absolute atomic E-state index is 3.53. The lowest BCUT2D eigenvalue weighted by atomic mass is 9.80. The molecule has 1 aliphatic carbocycles. The Kier molecular flexibility index (Phi) is 4.00. The lowest BCUT2D eigenvalue weighted by Gasteiger charge is -2.31. The van der Waals surface area contributed by atoms with Crippen molar-refractivity contribution in [2.24, 2.45) is 5.92 Å². The van der Waals surface area contributed by atoms with Gasteiger partial charge in [0, 0.05) is 6.04 Å². The molecule has 0 aliphatic heterocycles. The summed E-state index contributed by atoms with van der Waals surface area (Å²) in [6.45, 7) is 2.22. The largest absolute Gasteiger partial charge is 0.313 e. The van der Waals surface area contributed by atoms with Crippen molar-refractivity contribution in [3.05, 3.63) is 35.4 Å². The Labute approximate surface area is 99.3 Å². The number of benzene rings is 1. The van der Waals surface area contributed by atoms with E-state index in [4.69, 9.17) is 0 Å². The van der Waals surface area contributed by atoms with E-state index >= 15 is 0 Å². The molecule has 1 nitrogen and oxygen atoms in total.